The van der Waals surface area contributed by atoms with Crippen molar-refractivity contribution in [2.24, 2.45) is 5.18 Å². The van der Waals surface area contributed by atoms with Gasteiger partial charge in [0.25, 0.3) is 0 Å². The third kappa shape index (κ3) is 1.10. The minimum atomic E-state index is -0.510. The highest BCUT2D eigenvalue weighted by Gasteiger charge is 1.98. The first-order valence-corrected chi connectivity index (χ1v) is 2.62. The molecule has 0 aliphatic carbocycles. The summed E-state index contributed by atoms with van der Waals surface area (Å²) in [5, 5.41) is 2.52. The number of nitroso groups, excluding NO2 is 1. The number of hydrogen-bond donors (Lipinski definition) is 1. The Morgan fingerprint density at radius 3 is 2.70 bits per heavy atom. The second-order valence-electron chi connectivity index (χ2n) is 1.79. The van der Waals surface area contributed by atoms with Gasteiger partial charge >= 0.3 is 0 Å². The second-order valence-corrected chi connectivity index (χ2v) is 1.79. The zero-order chi connectivity index (χ0) is 7.56. The SMILES string of the molecule is Nc1ccc(F)cc1N=O. The average Bonchev–Trinajstić information content (AvgIpc) is 1.94. The van der Waals surface area contributed by atoms with E-state index in [0.717, 1.165) is 6.07 Å². The van der Waals surface area contributed by atoms with Crippen molar-refractivity contribution < 1.29 is 4.39 Å². The van der Waals surface area contributed by atoms with Gasteiger partial charge in [-0.15, -0.1) is 4.91 Å². The van der Waals surface area contributed by atoms with E-state index >= 15 is 0 Å². The number of nitrogens with two attached hydrogens (primary N) is 1. The topological polar surface area (TPSA) is 55.4 Å². The number of rotatable bonds is 1. The smallest absolute Gasteiger partial charge is 0.133 e. The van der Waals surface area contributed by atoms with Crippen molar-refractivity contribution >= 4 is 11.4 Å². The third-order valence-corrected chi connectivity index (χ3v) is 1.09. The van der Waals surface area contributed by atoms with Gasteiger partial charge in [0.1, 0.15) is 11.5 Å². The molecule has 0 aromatic heterocycles. The molecule has 10 heavy (non-hydrogen) atoms. The molecule has 4 heteroatoms. The fourth-order valence-electron chi connectivity index (χ4n) is 0.596. The standard InChI is InChI=1S/C6H5FN2O/c7-4-1-2-5(8)6(3-4)9-10/h1-3H,8H2. The van der Waals surface area contributed by atoms with Crippen molar-refractivity contribution in [1.29, 1.82) is 0 Å². The summed E-state index contributed by atoms with van der Waals surface area (Å²) in [5.41, 5.74) is 5.38. The first-order valence-electron chi connectivity index (χ1n) is 2.62. The molecule has 0 unspecified atom stereocenters. The fraction of sp³-hybridized carbons (Fsp3) is 0. The van der Waals surface area contributed by atoms with E-state index in [1.807, 2.05) is 0 Å². The molecule has 0 atom stereocenters. The average molecular weight is 140 g/mol. The Morgan fingerprint density at radius 1 is 1.50 bits per heavy atom. The van der Waals surface area contributed by atoms with Gasteiger partial charge in [0.2, 0.25) is 0 Å². The Labute approximate surface area is 56.6 Å². The lowest BCUT2D eigenvalue weighted by Crippen LogP contribution is -1.84. The normalized spacial score (nSPS) is 9.30. The zero-order valence-corrected chi connectivity index (χ0v) is 5.04. The number of nitrogens with zero attached hydrogens (tertiary/aromatic N) is 1. The molecule has 0 spiro atoms. The summed E-state index contributed by atoms with van der Waals surface area (Å²) in [6.07, 6.45) is 0. The Hall–Kier alpha value is -1.45. The quantitative estimate of drug-likeness (QED) is 0.477. The molecule has 0 saturated heterocycles. The monoisotopic (exact) mass is 140 g/mol. The largest absolute Gasteiger partial charge is 0.397 e. The number of hydrogen-bond acceptors (Lipinski definition) is 3. The summed E-state index contributed by atoms with van der Waals surface area (Å²) in [6, 6.07) is 3.46. The van der Waals surface area contributed by atoms with Gasteiger partial charge in [-0.3, -0.25) is 0 Å². The van der Waals surface area contributed by atoms with Crippen molar-refractivity contribution in [2.45, 2.75) is 0 Å². The summed E-state index contributed by atoms with van der Waals surface area (Å²) in [6.45, 7) is 0. The number of anilines is 1. The van der Waals surface area contributed by atoms with Gasteiger partial charge in [-0.1, -0.05) is 0 Å². The molecule has 0 saturated carbocycles. The lowest BCUT2D eigenvalue weighted by atomic mass is 10.3. The Bertz CT molecular complexity index is 262. The van der Waals surface area contributed by atoms with Crippen LogP contribution in [0.15, 0.2) is 23.4 Å². The van der Waals surface area contributed by atoms with Crippen LogP contribution in [0.25, 0.3) is 0 Å². The summed E-state index contributed by atoms with van der Waals surface area (Å²) < 4.78 is 12.3. The molecule has 0 aliphatic heterocycles. The lowest BCUT2D eigenvalue weighted by molar-refractivity contribution is 0.628. The number of nitrogen functional groups attached to an aromatic ring is 1. The summed E-state index contributed by atoms with van der Waals surface area (Å²) in [5.74, 6) is -0.510. The van der Waals surface area contributed by atoms with Crippen LogP contribution in [0.3, 0.4) is 0 Å². The second kappa shape index (κ2) is 2.43. The Balaban J connectivity index is 3.21. The molecule has 0 radical (unpaired) electrons. The van der Waals surface area contributed by atoms with E-state index in [0.29, 0.717) is 0 Å². The maximum atomic E-state index is 12.3. The van der Waals surface area contributed by atoms with Crippen LogP contribution in [-0.4, -0.2) is 0 Å². The van der Waals surface area contributed by atoms with Gasteiger partial charge in [-0.2, -0.15) is 0 Å². The van der Waals surface area contributed by atoms with Crippen molar-refractivity contribution in [3.05, 3.63) is 28.9 Å². The summed E-state index contributed by atoms with van der Waals surface area (Å²) in [4.78, 5) is 9.88. The van der Waals surface area contributed by atoms with Gasteiger partial charge in [0.05, 0.1) is 5.69 Å². The highest BCUT2D eigenvalue weighted by atomic mass is 19.1. The van der Waals surface area contributed by atoms with Crippen LogP contribution in [0.5, 0.6) is 0 Å². The molecule has 2 N–H and O–H groups in total. The van der Waals surface area contributed by atoms with Crippen LogP contribution in [0.4, 0.5) is 15.8 Å². The van der Waals surface area contributed by atoms with Gasteiger partial charge in [-0.25, -0.2) is 4.39 Å². The van der Waals surface area contributed by atoms with Crippen LogP contribution < -0.4 is 5.73 Å². The van der Waals surface area contributed by atoms with Crippen molar-refractivity contribution in [2.75, 3.05) is 5.73 Å². The molecule has 0 amide bonds. The molecule has 1 rings (SSSR count). The van der Waals surface area contributed by atoms with Gasteiger partial charge in [0.15, 0.2) is 0 Å². The first kappa shape index (κ1) is 6.67. The van der Waals surface area contributed by atoms with E-state index in [2.05, 4.69) is 5.18 Å². The maximum Gasteiger partial charge on any atom is 0.133 e. The highest BCUT2D eigenvalue weighted by molar-refractivity contribution is 5.61. The van der Waals surface area contributed by atoms with Crippen molar-refractivity contribution in [1.82, 2.24) is 0 Å². The van der Waals surface area contributed by atoms with Crippen LogP contribution >= 0.6 is 0 Å². The first-order chi connectivity index (χ1) is 4.74. The molecule has 0 heterocycles. The molecule has 1 aromatic rings. The predicted molar refractivity (Wildman–Crippen MR) is 36.3 cm³/mol. The van der Waals surface area contributed by atoms with E-state index in [1.165, 1.54) is 12.1 Å². The van der Waals surface area contributed by atoms with Crippen LogP contribution in [-0.2, 0) is 0 Å². The molecule has 3 nitrogen and oxygen atoms in total. The van der Waals surface area contributed by atoms with Gasteiger partial charge in [-0.05, 0) is 17.3 Å². The van der Waals surface area contributed by atoms with Crippen molar-refractivity contribution in [3.8, 4) is 0 Å². The maximum absolute atomic E-state index is 12.3. The molecule has 1 aromatic carbocycles. The molecule has 0 bridgehead atoms. The van der Waals surface area contributed by atoms with E-state index in [-0.39, 0.29) is 11.4 Å². The lowest BCUT2D eigenvalue weighted by Gasteiger charge is -1.93. The zero-order valence-electron chi connectivity index (χ0n) is 5.04. The summed E-state index contributed by atoms with van der Waals surface area (Å²) in [7, 11) is 0. The van der Waals surface area contributed by atoms with Crippen LogP contribution in [0.1, 0.15) is 0 Å². The highest BCUT2D eigenvalue weighted by Crippen LogP contribution is 2.21. The third-order valence-electron chi connectivity index (χ3n) is 1.09. The van der Waals surface area contributed by atoms with Gasteiger partial charge in [0, 0.05) is 6.07 Å². The van der Waals surface area contributed by atoms with E-state index in [1.54, 1.807) is 0 Å². The Kier molecular flexibility index (Phi) is 1.62. The van der Waals surface area contributed by atoms with Gasteiger partial charge < -0.3 is 5.73 Å². The Morgan fingerprint density at radius 2 is 2.20 bits per heavy atom. The van der Waals surface area contributed by atoms with E-state index in [9.17, 15) is 9.30 Å². The van der Waals surface area contributed by atoms with E-state index in [4.69, 9.17) is 5.73 Å². The molecule has 52 valence electrons. The number of halogens is 1. The predicted octanol–water partition coefficient (Wildman–Crippen LogP) is 1.81. The fourth-order valence-corrected chi connectivity index (χ4v) is 0.596. The van der Waals surface area contributed by atoms with Crippen LogP contribution in [0.2, 0.25) is 0 Å². The van der Waals surface area contributed by atoms with Crippen LogP contribution in [0, 0.1) is 10.7 Å². The number of benzene rings is 1. The molecule has 0 aliphatic rings. The minimum absolute atomic E-state index is 0.0556. The molecular weight excluding hydrogens is 135 g/mol. The minimum Gasteiger partial charge on any atom is -0.397 e. The van der Waals surface area contributed by atoms with E-state index < -0.39 is 5.82 Å². The molecular formula is C6H5FN2O. The summed E-state index contributed by atoms with van der Waals surface area (Å²) >= 11 is 0. The molecule has 0 fully saturated rings. The van der Waals surface area contributed by atoms with Crippen molar-refractivity contribution in [3.63, 3.8) is 0 Å².